The summed E-state index contributed by atoms with van der Waals surface area (Å²) in [5, 5.41) is 15.0. The highest BCUT2D eigenvalue weighted by Crippen LogP contribution is 2.19. The van der Waals surface area contributed by atoms with Gasteiger partial charge < -0.3 is 14.6 Å². The predicted molar refractivity (Wildman–Crippen MR) is 114 cm³/mol. The van der Waals surface area contributed by atoms with Gasteiger partial charge >= 0.3 is 0 Å². The van der Waals surface area contributed by atoms with Crippen LogP contribution in [0.25, 0.3) is 11.6 Å². The van der Waals surface area contributed by atoms with Crippen molar-refractivity contribution < 1.29 is 18.4 Å². The van der Waals surface area contributed by atoms with E-state index in [0.29, 0.717) is 17.2 Å². The summed E-state index contributed by atoms with van der Waals surface area (Å²) in [6.07, 6.45) is 5.22. The highest BCUT2D eigenvalue weighted by molar-refractivity contribution is 5.98. The van der Waals surface area contributed by atoms with Gasteiger partial charge in [-0.25, -0.2) is 4.39 Å². The van der Waals surface area contributed by atoms with Crippen molar-refractivity contribution in [3.63, 3.8) is 0 Å². The SMILES string of the molecule is Cc1ccc(-c2nnn(CC(=O)N(CC(=O)NC3CCCCC3)c3ccc(F)cc3)n2)o1. The fourth-order valence-electron chi connectivity index (χ4n) is 3.78. The highest BCUT2D eigenvalue weighted by Gasteiger charge is 2.23. The van der Waals surface area contributed by atoms with Crippen molar-refractivity contribution in [3.05, 3.63) is 48.0 Å². The van der Waals surface area contributed by atoms with E-state index in [1.54, 1.807) is 19.1 Å². The lowest BCUT2D eigenvalue weighted by atomic mass is 9.95. The summed E-state index contributed by atoms with van der Waals surface area (Å²) in [6, 6.07) is 9.05. The largest absolute Gasteiger partial charge is 0.458 e. The van der Waals surface area contributed by atoms with E-state index in [1.807, 2.05) is 0 Å². The molecule has 9 nitrogen and oxygen atoms in total. The summed E-state index contributed by atoms with van der Waals surface area (Å²) in [6.45, 7) is 1.39. The Hall–Kier alpha value is -3.56. The Balaban J connectivity index is 1.47. The molecule has 32 heavy (non-hydrogen) atoms. The molecule has 3 aromatic rings. The number of nitrogens with one attached hydrogen (secondary N) is 1. The van der Waals surface area contributed by atoms with Crippen LogP contribution < -0.4 is 10.2 Å². The molecule has 1 fully saturated rings. The highest BCUT2D eigenvalue weighted by atomic mass is 19.1. The summed E-state index contributed by atoms with van der Waals surface area (Å²) in [7, 11) is 0. The van der Waals surface area contributed by atoms with Crippen molar-refractivity contribution in [2.45, 2.75) is 51.6 Å². The second kappa shape index (κ2) is 9.71. The molecule has 0 saturated heterocycles. The van der Waals surface area contributed by atoms with Crippen LogP contribution in [0.2, 0.25) is 0 Å². The number of benzene rings is 1. The van der Waals surface area contributed by atoms with Gasteiger partial charge in [-0.3, -0.25) is 9.59 Å². The number of hydrogen-bond acceptors (Lipinski definition) is 6. The third kappa shape index (κ3) is 5.37. The molecule has 1 N–H and O–H groups in total. The first-order chi connectivity index (χ1) is 15.5. The minimum Gasteiger partial charge on any atom is -0.458 e. The van der Waals surface area contributed by atoms with Gasteiger partial charge in [-0.1, -0.05) is 19.3 Å². The standard InChI is InChI=1S/C22H25FN6O3/c1-15-7-12-19(32-15)22-25-27-29(26-22)14-21(31)28(18-10-8-16(23)9-11-18)13-20(30)24-17-5-3-2-4-6-17/h7-12,17H,2-6,13-14H2,1H3,(H,24,30). The van der Waals surface area contributed by atoms with Gasteiger partial charge in [0.15, 0.2) is 5.76 Å². The number of carbonyl (C=O) groups excluding carboxylic acids is 2. The van der Waals surface area contributed by atoms with Gasteiger partial charge in [0.1, 0.15) is 24.7 Å². The van der Waals surface area contributed by atoms with Crippen LogP contribution in [0, 0.1) is 12.7 Å². The van der Waals surface area contributed by atoms with Crippen LogP contribution in [0.15, 0.2) is 40.8 Å². The lowest BCUT2D eigenvalue weighted by Crippen LogP contribution is -2.46. The Bertz CT molecular complexity index is 1070. The summed E-state index contributed by atoms with van der Waals surface area (Å²) in [4.78, 5) is 28.2. The number of halogens is 1. The molecule has 2 amide bonds. The Kier molecular flexibility index (Phi) is 6.58. The number of hydrogen-bond donors (Lipinski definition) is 1. The maximum Gasteiger partial charge on any atom is 0.251 e. The van der Waals surface area contributed by atoms with Gasteiger partial charge in [-0.2, -0.15) is 4.80 Å². The van der Waals surface area contributed by atoms with Crippen molar-refractivity contribution in [3.8, 4) is 11.6 Å². The molecular weight excluding hydrogens is 415 g/mol. The summed E-state index contributed by atoms with van der Waals surface area (Å²) in [5.41, 5.74) is 0.414. The lowest BCUT2D eigenvalue weighted by Gasteiger charge is -2.26. The predicted octanol–water partition coefficient (Wildman–Crippen LogP) is 2.86. The van der Waals surface area contributed by atoms with Gasteiger partial charge in [0.05, 0.1) is 0 Å². The van der Waals surface area contributed by atoms with Crippen molar-refractivity contribution in [1.82, 2.24) is 25.5 Å². The summed E-state index contributed by atoms with van der Waals surface area (Å²) < 4.78 is 18.9. The van der Waals surface area contributed by atoms with E-state index in [9.17, 15) is 14.0 Å². The maximum atomic E-state index is 13.4. The van der Waals surface area contributed by atoms with Gasteiger partial charge in [-0.15, -0.1) is 10.2 Å². The zero-order chi connectivity index (χ0) is 22.5. The number of rotatable bonds is 7. The topological polar surface area (TPSA) is 106 Å². The molecule has 0 unspecified atom stereocenters. The van der Waals surface area contributed by atoms with Crippen LogP contribution in [0.5, 0.6) is 0 Å². The van der Waals surface area contributed by atoms with E-state index in [4.69, 9.17) is 4.42 Å². The van der Waals surface area contributed by atoms with E-state index in [2.05, 4.69) is 20.7 Å². The number of amides is 2. The third-order valence-electron chi connectivity index (χ3n) is 5.40. The first-order valence-electron chi connectivity index (χ1n) is 10.7. The molecule has 0 bridgehead atoms. The number of anilines is 1. The number of furan rings is 1. The fourth-order valence-corrected chi connectivity index (χ4v) is 3.78. The molecular formula is C22H25FN6O3. The van der Waals surface area contributed by atoms with Gasteiger partial charge in [0.2, 0.25) is 11.7 Å². The molecule has 2 aromatic heterocycles. The Morgan fingerprint density at radius 2 is 1.91 bits per heavy atom. The first-order valence-corrected chi connectivity index (χ1v) is 10.7. The van der Waals surface area contributed by atoms with Crippen LogP contribution in [-0.2, 0) is 16.1 Å². The molecule has 0 atom stereocenters. The van der Waals surface area contributed by atoms with E-state index in [0.717, 1.165) is 30.5 Å². The number of aryl methyl sites for hydroxylation is 1. The molecule has 0 aliphatic heterocycles. The molecule has 1 aromatic carbocycles. The molecule has 10 heteroatoms. The average Bonchev–Trinajstić information content (AvgIpc) is 3.42. The molecule has 4 rings (SSSR count). The van der Waals surface area contributed by atoms with E-state index in [1.165, 1.54) is 35.6 Å². The maximum absolute atomic E-state index is 13.4. The quantitative estimate of drug-likeness (QED) is 0.606. The van der Waals surface area contributed by atoms with Crippen LogP contribution >= 0.6 is 0 Å². The molecule has 0 spiro atoms. The smallest absolute Gasteiger partial charge is 0.251 e. The summed E-state index contributed by atoms with van der Waals surface area (Å²) in [5.74, 6) is 0.309. The van der Waals surface area contributed by atoms with Crippen molar-refractivity contribution in [2.75, 3.05) is 11.4 Å². The van der Waals surface area contributed by atoms with Crippen molar-refractivity contribution in [2.24, 2.45) is 0 Å². The van der Waals surface area contributed by atoms with Gasteiger partial charge in [-0.05, 0) is 61.4 Å². The molecule has 1 aliphatic carbocycles. The molecule has 1 saturated carbocycles. The van der Waals surface area contributed by atoms with E-state index < -0.39 is 11.7 Å². The van der Waals surface area contributed by atoms with Crippen LogP contribution in [0.1, 0.15) is 37.9 Å². The zero-order valence-corrected chi connectivity index (χ0v) is 17.8. The van der Waals surface area contributed by atoms with Gasteiger partial charge in [0, 0.05) is 11.7 Å². The van der Waals surface area contributed by atoms with E-state index in [-0.39, 0.29) is 30.9 Å². The minimum absolute atomic E-state index is 0.123. The second-order valence-electron chi connectivity index (χ2n) is 7.91. The lowest BCUT2D eigenvalue weighted by molar-refractivity contribution is -0.124. The fraction of sp³-hybridized carbons (Fsp3) is 0.409. The second-order valence-corrected chi connectivity index (χ2v) is 7.91. The number of tetrazole rings is 1. The molecule has 1 aliphatic rings. The minimum atomic E-state index is -0.427. The monoisotopic (exact) mass is 440 g/mol. The third-order valence-corrected chi connectivity index (χ3v) is 5.40. The van der Waals surface area contributed by atoms with Crippen LogP contribution in [-0.4, -0.2) is 44.6 Å². The first kappa shape index (κ1) is 21.7. The Labute approximate surface area is 184 Å². The van der Waals surface area contributed by atoms with Gasteiger partial charge in [0.25, 0.3) is 5.91 Å². The Morgan fingerprint density at radius 1 is 1.16 bits per heavy atom. The number of nitrogens with zero attached hydrogens (tertiary/aromatic N) is 5. The zero-order valence-electron chi connectivity index (χ0n) is 17.8. The molecule has 0 radical (unpaired) electrons. The van der Waals surface area contributed by atoms with Crippen molar-refractivity contribution >= 4 is 17.5 Å². The summed E-state index contributed by atoms with van der Waals surface area (Å²) >= 11 is 0. The van der Waals surface area contributed by atoms with Crippen LogP contribution in [0.3, 0.4) is 0 Å². The van der Waals surface area contributed by atoms with E-state index >= 15 is 0 Å². The van der Waals surface area contributed by atoms with Crippen molar-refractivity contribution in [1.29, 1.82) is 0 Å². The van der Waals surface area contributed by atoms with Crippen LogP contribution in [0.4, 0.5) is 10.1 Å². The normalized spacial score (nSPS) is 14.3. The molecule has 2 heterocycles. The number of carbonyl (C=O) groups is 2. The number of aromatic nitrogens is 4. The molecule has 168 valence electrons. The Morgan fingerprint density at radius 3 is 2.59 bits per heavy atom. The average molecular weight is 440 g/mol.